The monoisotopic (exact) mass is 179 g/mol. The van der Waals surface area contributed by atoms with E-state index in [1.165, 1.54) is 0 Å². The highest BCUT2D eigenvalue weighted by Gasteiger charge is 2.12. The van der Waals surface area contributed by atoms with Gasteiger partial charge in [-0.2, -0.15) is 0 Å². The van der Waals surface area contributed by atoms with E-state index in [0.717, 1.165) is 17.5 Å². The summed E-state index contributed by atoms with van der Waals surface area (Å²) in [5, 5.41) is 8.82. The molecule has 0 aromatic carbocycles. The van der Waals surface area contributed by atoms with Crippen LogP contribution in [0.4, 0.5) is 0 Å². The molecule has 0 amide bonds. The van der Waals surface area contributed by atoms with Gasteiger partial charge >= 0.3 is 5.97 Å². The standard InChI is InChI=1S/C10H13NO2/c1-3-5-7-6-11-9(10(12)13)8(7)4-2/h3,5-6,11H,4H2,1-2H3,(H,12,13)/b5-3+. The van der Waals surface area contributed by atoms with Crippen molar-refractivity contribution in [2.75, 3.05) is 0 Å². The highest BCUT2D eigenvalue weighted by atomic mass is 16.4. The molecule has 3 nitrogen and oxygen atoms in total. The van der Waals surface area contributed by atoms with E-state index >= 15 is 0 Å². The minimum absolute atomic E-state index is 0.301. The molecule has 0 aliphatic heterocycles. The molecule has 0 spiro atoms. The molecule has 1 rings (SSSR count). The van der Waals surface area contributed by atoms with Crippen LogP contribution in [0.2, 0.25) is 0 Å². The van der Waals surface area contributed by atoms with Gasteiger partial charge in [-0.25, -0.2) is 4.79 Å². The van der Waals surface area contributed by atoms with E-state index in [0.29, 0.717) is 5.69 Å². The Kier molecular flexibility index (Phi) is 2.90. The molecule has 0 unspecified atom stereocenters. The third-order valence-corrected chi connectivity index (χ3v) is 1.94. The maximum absolute atomic E-state index is 10.7. The van der Waals surface area contributed by atoms with Gasteiger partial charge in [-0.15, -0.1) is 0 Å². The molecule has 1 heterocycles. The number of carboxylic acids is 1. The molecular weight excluding hydrogens is 166 g/mol. The number of hydrogen-bond donors (Lipinski definition) is 2. The third-order valence-electron chi connectivity index (χ3n) is 1.94. The number of aromatic amines is 1. The summed E-state index contributed by atoms with van der Waals surface area (Å²) in [5.41, 5.74) is 2.13. The number of allylic oxidation sites excluding steroid dienone is 1. The smallest absolute Gasteiger partial charge is 0.352 e. The van der Waals surface area contributed by atoms with Gasteiger partial charge in [0.25, 0.3) is 0 Å². The predicted molar refractivity (Wildman–Crippen MR) is 51.8 cm³/mol. The van der Waals surface area contributed by atoms with Gasteiger partial charge in [-0.1, -0.05) is 19.1 Å². The Balaban J connectivity index is 3.17. The van der Waals surface area contributed by atoms with Crippen molar-refractivity contribution in [3.63, 3.8) is 0 Å². The fourth-order valence-corrected chi connectivity index (χ4v) is 1.37. The van der Waals surface area contributed by atoms with E-state index in [-0.39, 0.29) is 0 Å². The normalized spacial score (nSPS) is 10.9. The lowest BCUT2D eigenvalue weighted by Gasteiger charge is -1.96. The first kappa shape index (κ1) is 9.58. The molecule has 3 heteroatoms. The molecule has 1 aromatic rings. The Hall–Kier alpha value is -1.51. The van der Waals surface area contributed by atoms with Crippen molar-refractivity contribution < 1.29 is 9.90 Å². The number of rotatable bonds is 3. The molecule has 0 aliphatic carbocycles. The Bertz CT molecular complexity index is 337. The molecule has 0 fully saturated rings. The van der Waals surface area contributed by atoms with Crippen LogP contribution >= 0.6 is 0 Å². The zero-order valence-electron chi connectivity index (χ0n) is 7.79. The first-order valence-corrected chi connectivity index (χ1v) is 4.27. The van der Waals surface area contributed by atoms with Crippen LogP contribution in [0.1, 0.15) is 35.5 Å². The number of carboxylic acid groups (broad SMARTS) is 1. The van der Waals surface area contributed by atoms with Crippen LogP contribution in [0.3, 0.4) is 0 Å². The second kappa shape index (κ2) is 3.94. The Morgan fingerprint density at radius 1 is 1.69 bits per heavy atom. The summed E-state index contributed by atoms with van der Waals surface area (Å²) in [6, 6.07) is 0. The van der Waals surface area contributed by atoms with Gasteiger partial charge in [0.1, 0.15) is 5.69 Å². The van der Waals surface area contributed by atoms with Crippen molar-refractivity contribution in [3.05, 3.63) is 29.1 Å². The van der Waals surface area contributed by atoms with E-state index in [1.54, 1.807) is 6.20 Å². The van der Waals surface area contributed by atoms with Gasteiger partial charge in [0, 0.05) is 6.20 Å². The second-order valence-corrected chi connectivity index (χ2v) is 2.76. The quantitative estimate of drug-likeness (QED) is 0.748. The van der Waals surface area contributed by atoms with E-state index in [1.807, 2.05) is 26.0 Å². The highest BCUT2D eigenvalue weighted by molar-refractivity contribution is 5.88. The Morgan fingerprint density at radius 3 is 2.85 bits per heavy atom. The molecule has 0 atom stereocenters. The first-order chi connectivity index (χ1) is 6.20. The fraction of sp³-hybridized carbons (Fsp3) is 0.300. The molecule has 0 bridgehead atoms. The second-order valence-electron chi connectivity index (χ2n) is 2.76. The summed E-state index contributed by atoms with van der Waals surface area (Å²) in [6.07, 6.45) is 6.25. The van der Waals surface area contributed by atoms with E-state index in [4.69, 9.17) is 5.11 Å². The third kappa shape index (κ3) is 1.80. The van der Waals surface area contributed by atoms with Gasteiger partial charge in [0.2, 0.25) is 0 Å². The van der Waals surface area contributed by atoms with Crippen LogP contribution in [-0.4, -0.2) is 16.1 Å². The van der Waals surface area contributed by atoms with Crippen LogP contribution in [0, 0.1) is 0 Å². The lowest BCUT2D eigenvalue weighted by atomic mass is 10.1. The number of H-pyrrole nitrogens is 1. The molecule has 70 valence electrons. The van der Waals surface area contributed by atoms with Crippen molar-refractivity contribution >= 4 is 12.0 Å². The maximum atomic E-state index is 10.7. The molecule has 2 N–H and O–H groups in total. The van der Waals surface area contributed by atoms with E-state index < -0.39 is 5.97 Å². The van der Waals surface area contributed by atoms with Crippen molar-refractivity contribution in [1.82, 2.24) is 4.98 Å². The van der Waals surface area contributed by atoms with Crippen LogP contribution in [-0.2, 0) is 6.42 Å². The predicted octanol–water partition coefficient (Wildman–Crippen LogP) is 2.31. The minimum Gasteiger partial charge on any atom is -0.477 e. The molecule has 1 aromatic heterocycles. The summed E-state index contributed by atoms with van der Waals surface area (Å²) >= 11 is 0. The highest BCUT2D eigenvalue weighted by Crippen LogP contribution is 2.16. The largest absolute Gasteiger partial charge is 0.477 e. The summed E-state index contributed by atoms with van der Waals surface area (Å²) in [4.78, 5) is 13.5. The minimum atomic E-state index is -0.896. The lowest BCUT2D eigenvalue weighted by Crippen LogP contribution is -2.00. The summed E-state index contributed by atoms with van der Waals surface area (Å²) in [6.45, 7) is 3.86. The average molecular weight is 179 g/mol. The first-order valence-electron chi connectivity index (χ1n) is 4.27. The molecule has 0 saturated heterocycles. The van der Waals surface area contributed by atoms with Gasteiger partial charge in [0.15, 0.2) is 0 Å². The van der Waals surface area contributed by atoms with Crippen molar-refractivity contribution in [2.45, 2.75) is 20.3 Å². The van der Waals surface area contributed by atoms with Gasteiger partial charge in [0.05, 0.1) is 0 Å². The Morgan fingerprint density at radius 2 is 2.38 bits per heavy atom. The molecule has 13 heavy (non-hydrogen) atoms. The van der Waals surface area contributed by atoms with Crippen LogP contribution in [0.25, 0.3) is 6.08 Å². The zero-order valence-corrected chi connectivity index (χ0v) is 7.79. The Labute approximate surface area is 77.1 Å². The van der Waals surface area contributed by atoms with E-state index in [9.17, 15) is 4.79 Å². The fourth-order valence-electron chi connectivity index (χ4n) is 1.37. The number of carbonyl (C=O) groups is 1. The van der Waals surface area contributed by atoms with Gasteiger partial charge in [-0.05, 0) is 24.5 Å². The summed E-state index contributed by atoms with van der Waals surface area (Å²) in [7, 11) is 0. The number of nitrogens with one attached hydrogen (secondary N) is 1. The van der Waals surface area contributed by atoms with Gasteiger partial charge < -0.3 is 10.1 Å². The SMILES string of the molecule is C/C=C/c1c[nH]c(C(=O)O)c1CC. The summed E-state index contributed by atoms with van der Waals surface area (Å²) in [5.74, 6) is -0.896. The summed E-state index contributed by atoms with van der Waals surface area (Å²) < 4.78 is 0. The van der Waals surface area contributed by atoms with Crippen molar-refractivity contribution in [3.8, 4) is 0 Å². The van der Waals surface area contributed by atoms with Crippen LogP contribution < -0.4 is 0 Å². The van der Waals surface area contributed by atoms with Crippen molar-refractivity contribution in [2.24, 2.45) is 0 Å². The number of aromatic nitrogens is 1. The molecular formula is C10H13NO2. The van der Waals surface area contributed by atoms with Crippen molar-refractivity contribution in [1.29, 1.82) is 0 Å². The van der Waals surface area contributed by atoms with E-state index in [2.05, 4.69) is 4.98 Å². The molecule has 0 radical (unpaired) electrons. The zero-order chi connectivity index (χ0) is 9.84. The van der Waals surface area contributed by atoms with Crippen LogP contribution in [0.5, 0.6) is 0 Å². The molecule has 0 aliphatic rings. The lowest BCUT2D eigenvalue weighted by molar-refractivity contribution is 0.0690. The van der Waals surface area contributed by atoms with Crippen LogP contribution in [0.15, 0.2) is 12.3 Å². The topological polar surface area (TPSA) is 53.1 Å². The number of hydrogen-bond acceptors (Lipinski definition) is 1. The average Bonchev–Trinajstić information content (AvgIpc) is 2.48. The van der Waals surface area contributed by atoms with Gasteiger partial charge in [-0.3, -0.25) is 0 Å². The number of aromatic carboxylic acids is 1. The maximum Gasteiger partial charge on any atom is 0.352 e. The molecule has 0 saturated carbocycles.